The molecule has 50 valence electrons. The van der Waals surface area contributed by atoms with Gasteiger partial charge in [0.15, 0.2) is 5.78 Å². The summed E-state index contributed by atoms with van der Waals surface area (Å²) < 4.78 is 0. The van der Waals surface area contributed by atoms with E-state index >= 15 is 0 Å². The van der Waals surface area contributed by atoms with Gasteiger partial charge in [-0.1, -0.05) is 6.08 Å². The van der Waals surface area contributed by atoms with Crippen molar-refractivity contribution in [3.05, 3.63) is 25.3 Å². The SMILES string of the molecule is C=C.O=C1C=CCCC1. The van der Waals surface area contributed by atoms with Gasteiger partial charge in [0.2, 0.25) is 0 Å². The third-order valence-corrected chi connectivity index (χ3v) is 1.10. The van der Waals surface area contributed by atoms with Crippen molar-refractivity contribution in [1.82, 2.24) is 0 Å². The van der Waals surface area contributed by atoms with E-state index in [4.69, 9.17) is 0 Å². The Balaban J connectivity index is 0.000000291. The smallest absolute Gasteiger partial charge is 0.155 e. The van der Waals surface area contributed by atoms with Crippen LogP contribution in [0.4, 0.5) is 0 Å². The third-order valence-electron chi connectivity index (χ3n) is 1.10. The van der Waals surface area contributed by atoms with Crippen molar-refractivity contribution in [3.8, 4) is 0 Å². The zero-order valence-electron chi connectivity index (χ0n) is 5.60. The molecule has 0 unspecified atom stereocenters. The van der Waals surface area contributed by atoms with Gasteiger partial charge in [0.25, 0.3) is 0 Å². The molecule has 0 heterocycles. The van der Waals surface area contributed by atoms with Gasteiger partial charge in [-0.05, 0) is 18.9 Å². The molecule has 9 heavy (non-hydrogen) atoms. The van der Waals surface area contributed by atoms with Crippen LogP contribution in [0, 0.1) is 0 Å². The van der Waals surface area contributed by atoms with Gasteiger partial charge in [0, 0.05) is 6.42 Å². The van der Waals surface area contributed by atoms with Crippen molar-refractivity contribution >= 4 is 5.78 Å². The van der Waals surface area contributed by atoms with E-state index in [1.807, 2.05) is 6.08 Å². The lowest BCUT2D eigenvalue weighted by Crippen LogP contribution is -1.95. The summed E-state index contributed by atoms with van der Waals surface area (Å²) in [5, 5.41) is 0. The fourth-order valence-corrected chi connectivity index (χ4v) is 0.692. The lowest BCUT2D eigenvalue weighted by atomic mass is 10.1. The average Bonchev–Trinajstić information content (AvgIpc) is 1.94. The first-order valence-corrected chi connectivity index (χ1v) is 3.09. The second kappa shape index (κ2) is 5.29. The minimum absolute atomic E-state index is 0.284. The maximum absolute atomic E-state index is 10.4. The summed E-state index contributed by atoms with van der Waals surface area (Å²) in [5.41, 5.74) is 0. The minimum atomic E-state index is 0.284. The molecule has 0 saturated carbocycles. The van der Waals surface area contributed by atoms with Crippen LogP contribution < -0.4 is 0 Å². The highest BCUT2D eigenvalue weighted by molar-refractivity contribution is 5.90. The number of allylic oxidation sites excluding steroid dienone is 2. The van der Waals surface area contributed by atoms with Crippen molar-refractivity contribution in [2.45, 2.75) is 19.3 Å². The zero-order chi connectivity index (χ0) is 7.11. The first-order valence-electron chi connectivity index (χ1n) is 3.09. The molecule has 0 spiro atoms. The van der Waals surface area contributed by atoms with Crippen LogP contribution in [0.2, 0.25) is 0 Å². The fourth-order valence-electron chi connectivity index (χ4n) is 0.692. The number of ketones is 1. The molecule has 1 heteroatoms. The Morgan fingerprint density at radius 1 is 1.44 bits per heavy atom. The minimum Gasteiger partial charge on any atom is -0.295 e. The Morgan fingerprint density at radius 2 is 2.11 bits per heavy atom. The molecule has 1 aliphatic rings. The first kappa shape index (κ1) is 8.15. The number of hydrogen-bond donors (Lipinski definition) is 0. The van der Waals surface area contributed by atoms with Crippen LogP contribution >= 0.6 is 0 Å². The van der Waals surface area contributed by atoms with Gasteiger partial charge < -0.3 is 0 Å². The summed E-state index contributed by atoms with van der Waals surface area (Å²) in [5.74, 6) is 0.284. The van der Waals surface area contributed by atoms with E-state index in [-0.39, 0.29) is 5.78 Å². The monoisotopic (exact) mass is 124 g/mol. The van der Waals surface area contributed by atoms with E-state index in [1.54, 1.807) is 6.08 Å². The van der Waals surface area contributed by atoms with Gasteiger partial charge in [0.05, 0.1) is 0 Å². The number of carbonyl (C=O) groups excluding carboxylic acids is 1. The van der Waals surface area contributed by atoms with Crippen LogP contribution in [-0.4, -0.2) is 5.78 Å². The highest BCUT2D eigenvalue weighted by Gasteiger charge is 1.98. The Morgan fingerprint density at radius 3 is 2.33 bits per heavy atom. The van der Waals surface area contributed by atoms with E-state index in [0.29, 0.717) is 0 Å². The highest BCUT2D eigenvalue weighted by Crippen LogP contribution is 2.04. The summed E-state index contributed by atoms with van der Waals surface area (Å²) in [6.07, 6.45) is 6.51. The zero-order valence-corrected chi connectivity index (χ0v) is 5.60. The fraction of sp³-hybridized carbons (Fsp3) is 0.375. The van der Waals surface area contributed by atoms with Crippen molar-refractivity contribution in [2.75, 3.05) is 0 Å². The van der Waals surface area contributed by atoms with Crippen molar-refractivity contribution in [3.63, 3.8) is 0 Å². The summed E-state index contributed by atoms with van der Waals surface area (Å²) in [7, 11) is 0. The Kier molecular flexibility index (Phi) is 4.79. The molecule has 0 aromatic heterocycles. The van der Waals surface area contributed by atoms with Gasteiger partial charge in [-0.3, -0.25) is 4.79 Å². The normalized spacial score (nSPS) is 16.2. The van der Waals surface area contributed by atoms with Gasteiger partial charge >= 0.3 is 0 Å². The lowest BCUT2D eigenvalue weighted by Gasteiger charge is -1.97. The van der Waals surface area contributed by atoms with Crippen LogP contribution in [0.5, 0.6) is 0 Å². The van der Waals surface area contributed by atoms with Crippen LogP contribution in [0.15, 0.2) is 25.3 Å². The van der Waals surface area contributed by atoms with E-state index in [1.165, 1.54) is 0 Å². The summed E-state index contributed by atoms with van der Waals surface area (Å²) in [6, 6.07) is 0. The number of hydrogen-bond acceptors (Lipinski definition) is 1. The van der Waals surface area contributed by atoms with Crippen LogP contribution in [0.1, 0.15) is 19.3 Å². The molecule has 0 aromatic carbocycles. The molecule has 0 saturated heterocycles. The van der Waals surface area contributed by atoms with E-state index in [9.17, 15) is 4.79 Å². The maximum Gasteiger partial charge on any atom is 0.155 e. The van der Waals surface area contributed by atoms with Gasteiger partial charge in [-0.2, -0.15) is 0 Å². The van der Waals surface area contributed by atoms with Gasteiger partial charge in [-0.25, -0.2) is 0 Å². The molecule has 0 bridgehead atoms. The molecule has 0 atom stereocenters. The predicted octanol–water partition coefficient (Wildman–Crippen LogP) is 2.10. The molecule has 1 nitrogen and oxygen atoms in total. The molecule has 0 aliphatic heterocycles. The van der Waals surface area contributed by atoms with Crippen molar-refractivity contribution < 1.29 is 4.79 Å². The Labute approximate surface area is 56.1 Å². The van der Waals surface area contributed by atoms with E-state index in [2.05, 4.69) is 13.2 Å². The molecule has 0 amide bonds. The average molecular weight is 124 g/mol. The van der Waals surface area contributed by atoms with Gasteiger partial charge in [0.1, 0.15) is 0 Å². The third kappa shape index (κ3) is 3.71. The summed E-state index contributed by atoms with van der Waals surface area (Å²) in [6.45, 7) is 6.00. The van der Waals surface area contributed by atoms with Gasteiger partial charge in [-0.15, -0.1) is 13.2 Å². The quantitative estimate of drug-likeness (QED) is 0.452. The molecule has 0 radical (unpaired) electrons. The van der Waals surface area contributed by atoms with Crippen molar-refractivity contribution in [2.24, 2.45) is 0 Å². The Bertz CT molecular complexity index is 114. The largest absolute Gasteiger partial charge is 0.295 e. The Hall–Kier alpha value is -0.850. The first-order chi connectivity index (χ1) is 4.39. The van der Waals surface area contributed by atoms with Crippen molar-refractivity contribution in [1.29, 1.82) is 0 Å². The summed E-state index contributed by atoms with van der Waals surface area (Å²) in [4.78, 5) is 10.4. The predicted molar refractivity (Wildman–Crippen MR) is 39.3 cm³/mol. The molecule has 0 fully saturated rings. The molecule has 0 aromatic rings. The summed E-state index contributed by atoms with van der Waals surface area (Å²) >= 11 is 0. The molecule has 0 N–H and O–H groups in total. The number of rotatable bonds is 0. The lowest BCUT2D eigenvalue weighted by molar-refractivity contribution is -0.114. The van der Waals surface area contributed by atoms with E-state index in [0.717, 1.165) is 19.3 Å². The van der Waals surface area contributed by atoms with E-state index < -0.39 is 0 Å². The topological polar surface area (TPSA) is 17.1 Å². The highest BCUT2D eigenvalue weighted by atomic mass is 16.1. The molecular weight excluding hydrogens is 112 g/mol. The van der Waals surface area contributed by atoms with Crippen LogP contribution in [0.3, 0.4) is 0 Å². The maximum atomic E-state index is 10.4. The molecule has 1 rings (SSSR count). The second-order valence-corrected chi connectivity index (χ2v) is 1.76. The van der Waals surface area contributed by atoms with Crippen LogP contribution in [-0.2, 0) is 4.79 Å². The molecular formula is C8H12O. The standard InChI is InChI=1S/C6H8O.C2H4/c7-6-4-2-1-3-5-6;1-2/h2,4H,1,3,5H2;1-2H2. The number of carbonyl (C=O) groups is 1. The van der Waals surface area contributed by atoms with Crippen LogP contribution in [0.25, 0.3) is 0 Å². The molecule has 1 aliphatic carbocycles. The second-order valence-electron chi connectivity index (χ2n) is 1.76.